The molecular weight excluding hydrogens is 270 g/mol. The third-order valence-electron chi connectivity index (χ3n) is 2.88. The van der Waals surface area contributed by atoms with Crippen LogP contribution in [0.3, 0.4) is 0 Å². The molecule has 0 fully saturated rings. The molecule has 1 heterocycles. The molecule has 112 valence electrons. The molecular formula is C15H19N3O3. The number of aromatic nitrogens is 1. The van der Waals surface area contributed by atoms with Crippen molar-refractivity contribution in [3.63, 3.8) is 0 Å². The number of amides is 2. The van der Waals surface area contributed by atoms with Gasteiger partial charge in [-0.2, -0.15) is 0 Å². The van der Waals surface area contributed by atoms with E-state index in [4.69, 9.17) is 5.11 Å². The summed E-state index contributed by atoms with van der Waals surface area (Å²) >= 11 is 0. The van der Waals surface area contributed by atoms with Crippen molar-refractivity contribution in [3.05, 3.63) is 29.6 Å². The standard InChI is InChI=1S/C15H19N3O3/c1-4-18(3)15(21)11(2)17-14(20)13-8-7-12(10-16-13)6-5-9-19/h7-8,10-11,19H,4,9H2,1-3H3,(H,17,20). The zero-order chi connectivity index (χ0) is 15.8. The van der Waals surface area contributed by atoms with Crippen molar-refractivity contribution in [1.82, 2.24) is 15.2 Å². The summed E-state index contributed by atoms with van der Waals surface area (Å²) in [7, 11) is 1.68. The molecule has 6 heteroatoms. The predicted molar refractivity (Wildman–Crippen MR) is 78.4 cm³/mol. The van der Waals surface area contributed by atoms with E-state index in [0.717, 1.165) is 0 Å². The summed E-state index contributed by atoms with van der Waals surface area (Å²) in [6, 6.07) is 2.55. The van der Waals surface area contributed by atoms with Crippen LogP contribution in [-0.2, 0) is 4.79 Å². The van der Waals surface area contributed by atoms with Gasteiger partial charge in [0.05, 0.1) is 0 Å². The van der Waals surface area contributed by atoms with Crippen LogP contribution in [0.1, 0.15) is 29.9 Å². The number of pyridine rings is 1. The van der Waals surface area contributed by atoms with Gasteiger partial charge in [0.25, 0.3) is 5.91 Å². The van der Waals surface area contributed by atoms with Crippen LogP contribution in [0, 0.1) is 11.8 Å². The van der Waals surface area contributed by atoms with Gasteiger partial charge in [0.15, 0.2) is 0 Å². The fourth-order valence-corrected chi connectivity index (χ4v) is 1.56. The Kier molecular flexibility index (Phi) is 6.37. The summed E-state index contributed by atoms with van der Waals surface area (Å²) in [5.41, 5.74) is 0.818. The number of aliphatic hydroxyl groups is 1. The highest BCUT2D eigenvalue weighted by Gasteiger charge is 2.19. The summed E-state index contributed by atoms with van der Waals surface area (Å²) in [5.74, 6) is 4.61. The van der Waals surface area contributed by atoms with Crippen molar-refractivity contribution in [2.75, 3.05) is 20.2 Å². The minimum Gasteiger partial charge on any atom is -0.384 e. The number of nitrogens with one attached hydrogen (secondary N) is 1. The molecule has 0 bridgehead atoms. The summed E-state index contributed by atoms with van der Waals surface area (Å²) in [6.45, 7) is 3.84. The van der Waals surface area contributed by atoms with E-state index in [2.05, 4.69) is 22.1 Å². The Labute approximate surface area is 124 Å². The van der Waals surface area contributed by atoms with Gasteiger partial charge in [-0.15, -0.1) is 0 Å². The van der Waals surface area contributed by atoms with Crippen molar-refractivity contribution < 1.29 is 14.7 Å². The summed E-state index contributed by atoms with van der Waals surface area (Å²) in [4.78, 5) is 29.4. The van der Waals surface area contributed by atoms with E-state index >= 15 is 0 Å². The normalized spacial score (nSPS) is 11.0. The quantitative estimate of drug-likeness (QED) is 0.766. The maximum absolute atomic E-state index is 12.0. The van der Waals surface area contributed by atoms with Crippen molar-refractivity contribution in [2.24, 2.45) is 0 Å². The largest absolute Gasteiger partial charge is 0.384 e. The summed E-state index contributed by atoms with van der Waals surface area (Å²) in [5, 5.41) is 11.2. The van der Waals surface area contributed by atoms with Gasteiger partial charge in [0.1, 0.15) is 18.3 Å². The number of likely N-dealkylation sites (N-methyl/N-ethyl adjacent to an activating group) is 1. The highest BCUT2D eigenvalue weighted by Crippen LogP contribution is 2.00. The Morgan fingerprint density at radius 3 is 2.71 bits per heavy atom. The second-order valence-electron chi connectivity index (χ2n) is 4.44. The average Bonchev–Trinajstić information content (AvgIpc) is 2.51. The van der Waals surface area contributed by atoms with E-state index < -0.39 is 11.9 Å². The van der Waals surface area contributed by atoms with Crippen LogP contribution in [-0.4, -0.2) is 53.0 Å². The number of carbonyl (C=O) groups is 2. The lowest BCUT2D eigenvalue weighted by Crippen LogP contribution is -2.45. The maximum Gasteiger partial charge on any atom is 0.270 e. The molecule has 1 unspecified atom stereocenters. The van der Waals surface area contributed by atoms with Crippen LogP contribution in [0.4, 0.5) is 0 Å². The Morgan fingerprint density at radius 1 is 1.48 bits per heavy atom. The van der Waals surface area contributed by atoms with Gasteiger partial charge in [0.2, 0.25) is 5.91 Å². The molecule has 0 aromatic carbocycles. The van der Waals surface area contributed by atoms with Crippen LogP contribution in [0.25, 0.3) is 0 Å². The molecule has 6 nitrogen and oxygen atoms in total. The van der Waals surface area contributed by atoms with Crippen LogP contribution in [0.2, 0.25) is 0 Å². The van der Waals surface area contributed by atoms with Gasteiger partial charge < -0.3 is 15.3 Å². The third kappa shape index (κ3) is 4.89. The Balaban J connectivity index is 2.69. The second kappa shape index (κ2) is 8.02. The molecule has 1 atom stereocenters. The highest BCUT2D eigenvalue weighted by atomic mass is 16.2. The van der Waals surface area contributed by atoms with E-state index in [0.29, 0.717) is 12.1 Å². The Bertz CT molecular complexity index is 558. The molecule has 21 heavy (non-hydrogen) atoms. The SMILES string of the molecule is CCN(C)C(=O)C(C)NC(=O)c1ccc(C#CCO)cn1. The van der Waals surface area contributed by atoms with Gasteiger partial charge in [0, 0.05) is 25.4 Å². The van der Waals surface area contributed by atoms with Gasteiger partial charge in [-0.25, -0.2) is 4.98 Å². The third-order valence-corrected chi connectivity index (χ3v) is 2.88. The maximum atomic E-state index is 12.0. The first kappa shape index (κ1) is 16.7. The first-order chi connectivity index (χ1) is 9.99. The molecule has 0 saturated carbocycles. The number of hydrogen-bond donors (Lipinski definition) is 2. The second-order valence-corrected chi connectivity index (χ2v) is 4.44. The van der Waals surface area contributed by atoms with Crippen molar-refractivity contribution >= 4 is 11.8 Å². The molecule has 2 N–H and O–H groups in total. The first-order valence-corrected chi connectivity index (χ1v) is 6.61. The number of nitrogens with zero attached hydrogens (tertiary/aromatic N) is 2. The molecule has 1 aromatic heterocycles. The van der Waals surface area contributed by atoms with Crippen LogP contribution in [0.15, 0.2) is 18.3 Å². The molecule has 0 spiro atoms. The van der Waals surface area contributed by atoms with Gasteiger partial charge in [-0.3, -0.25) is 9.59 Å². The number of aliphatic hydroxyl groups excluding tert-OH is 1. The van der Waals surface area contributed by atoms with Crippen LogP contribution < -0.4 is 5.32 Å². The summed E-state index contributed by atoms with van der Waals surface area (Å²) in [6.07, 6.45) is 1.45. The molecule has 2 amide bonds. The van der Waals surface area contributed by atoms with E-state index in [9.17, 15) is 9.59 Å². The summed E-state index contributed by atoms with van der Waals surface area (Å²) < 4.78 is 0. The van der Waals surface area contributed by atoms with Gasteiger partial charge in [-0.05, 0) is 26.0 Å². The fraction of sp³-hybridized carbons (Fsp3) is 0.400. The number of rotatable bonds is 4. The van der Waals surface area contributed by atoms with Crippen LogP contribution in [0.5, 0.6) is 0 Å². The topological polar surface area (TPSA) is 82.5 Å². The fourth-order valence-electron chi connectivity index (χ4n) is 1.56. The molecule has 0 aliphatic heterocycles. The number of carbonyl (C=O) groups excluding carboxylic acids is 2. The molecule has 0 saturated heterocycles. The zero-order valence-corrected chi connectivity index (χ0v) is 12.4. The van der Waals surface area contributed by atoms with Crippen LogP contribution >= 0.6 is 0 Å². The first-order valence-electron chi connectivity index (χ1n) is 6.61. The van der Waals surface area contributed by atoms with Crippen molar-refractivity contribution in [3.8, 4) is 11.8 Å². The molecule has 0 aliphatic rings. The lowest BCUT2D eigenvalue weighted by atomic mass is 10.2. The Morgan fingerprint density at radius 2 is 2.19 bits per heavy atom. The smallest absolute Gasteiger partial charge is 0.270 e. The minimum absolute atomic E-state index is 0.156. The van der Waals surface area contributed by atoms with E-state index in [-0.39, 0.29) is 18.2 Å². The van der Waals surface area contributed by atoms with Gasteiger partial charge in [-0.1, -0.05) is 11.8 Å². The molecule has 1 aromatic rings. The molecule has 0 radical (unpaired) electrons. The highest BCUT2D eigenvalue weighted by molar-refractivity contribution is 5.95. The molecule has 0 aliphatic carbocycles. The van der Waals surface area contributed by atoms with E-state index in [1.54, 1.807) is 20.0 Å². The van der Waals surface area contributed by atoms with E-state index in [1.165, 1.54) is 17.2 Å². The minimum atomic E-state index is -0.613. The zero-order valence-electron chi connectivity index (χ0n) is 12.4. The number of hydrogen-bond acceptors (Lipinski definition) is 4. The monoisotopic (exact) mass is 289 g/mol. The average molecular weight is 289 g/mol. The lowest BCUT2D eigenvalue weighted by molar-refractivity contribution is -0.131. The van der Waals surface area contributed by atoms with E-state index in [1.807, 2.05) is 6.92 Å². The Hall–Kier alpha value is -2.39. The molecule has 1 rings (SSSR count). The lowest BCUT2D eigenvalue weighted by Gasteiger charge is -2.20. The van der Waals surface area contributed by atoms with Gasteiger partial charge >= 0.3 is 0 Å². The predicted octanol–water partition coefficient (Wildman–Crippen LogP) is 0.0220. The van der Waals surface area contributed by atoms with Crippen molar-refractivity contribution in [1.29, 1.82) is 0 Å². The van der Waals surface area contributed by atoms with Crippen molar-refractivity contribution in [2.45, 2.75) is 19.9 Å².